The average molecular weight is 450 g/mol. The lowest BCUT2D eigenvalue weighted by atomic mass is 9.98. The van der Waals surface area contributed by atoms with Crippen LogP contribution in [0, 0.1) is 0 Å². The van der Waals surface area contributed by atoms with E-state index >= 15 is 0 Å². The number of hydrazone groups is 1. The van der Waals surface area contributed by atoms with Gasteiger partial charge in [-0.15, -0.1) is 11.3 Å². The Bertz CT molecular complexity index is 1100. The van der Waals surface area contributed by atoms with Crippen molar-refractivity contribution in [3.05, 3.63) is 88.1 Å². The maximum absolute atomic E-state index is 13.2. The normalized spacial score (nSPS) is 15.3. The van der Waals surface area contributed by atoms with Crippen molar-refractivity contribution >= 4 is 28.9 Å². The maximum Gasteiger partial charge on any atom is 0.284 e. The molecule has 1 aromatic heterocycles. The van der Waals surface area contributed by atoms with E-state index in [0.29, 0.717) is 17.0 Å². The van der Waals surface area contributed by atoms with Crippen LogP contribution in [-0.4, -0.2) is 47.4 Å². The van der Waals surface area contributed by atoms with Crippen molar-refractivity contribution in [3.63, 3.8) is 0 Å². The molecule has 0 radical (unpaired) electrons. The van der Waals surface area contributed by atoms with Crippen LogP contribution in [0.15, 0.2) is 77.2 Å². The molecule has 3 aromatic rings. The van der Waals surface area contributed by atoms with Crippen LogP contribution in [-0.2, 0) is 4.79 Å². The van der Waals surface area contributed by atoms with Crippen molar-refractivity contribution in [3.8, 4) is 5.75 Å². The van der Waals surface area contributed by atoms with Gasteiger partial charge in [0.15, 0.2) is 6.61 Å². The molecule has 0 saturated carbocycles. The van der Waals surface area contributed by atoms with Crippen molar-refractivity contribution in [2.75, 3.05) is 19.8 Å². The molecule has 164 valence electrons. The highest BCUT2D eigenvalue weighted by Crippen LogP contribution is 2.35. The Hall–Kier alpha value is -3.49. The summed E-state index contributed by atoms with van der Waals surface area (Å²) in [5, 5.41) is 19.5. The first-order valence-corrected chi connectivity index (χ1v) is 11.1. The molecule has 2 amide bonds. The number of thiophene rings is 1. The van der Waals surface area contributed by atoms with Crippen molar-refractivity contribution in [1.82, 2.24) is 10.3 Å². The molecule has 0 aliphatic carbocycles. The molecule has 32 heavy (non-hydrogen) atoms. The van der Waals surface area contributed by atoms with E-state index in [4.69, 9.17) is 9.84 Å². The predicted molar refractivity (Wildman–Crippen MR) is 123 cm³/mol. The summed E-state index contributed by atoms with van der Waals surface area (Å²) in [7, 11) is 0. The summed E-state index contributed by atoms with van der Waals surface area (Å²) in [6.07, 6.45) is 0.571. The number of nitrogens with zero attached hydrogens (tertiary/aromatic N) is 2. The molecule has 0 bridgehead atoms. The molecule has 2 heterocycles. The zero-order valence-electron chi connectivity index (χ0n) is 17.3. The lowest BCUT2D eigenvalue weighted by Gasteiger charge is -2.22. The molecule has 0 fully saturated rings. The van der Waals surface area contributed by atoms with E-state index in [-0.39, 0.29) is 37.6 Å². The first-order valence-electron chi connectivity index (χ1n) is 10.3. The van der Waals surface area contributed by atoms with Crippen LogP contribution in [0.1, 0.15) is 33.3 Å². The summed E-state index contributed by atoms with van der Waals surface area (Å²) in [4.78, 5) is 25.6. The maximum atomic E-state index is 13.2. The third-order valence-corrected chi connectivity index (χ3v) is 5.86. The molecule has 0 unspecified atom stereocenters. The largest absolute Gasteiger partial charge is 0.484 e. The van der Waals surface area contributed by atoms with E-state index in [9.17, 15) is 9.59 Å². The van der Waals surface area contributed by atoms with Gasteiger partial charge in [-0.2, -0.15) is 5.10 Å². The van der Waals surface area contributed by atoms with E-state index in [1.54, 1.807) is 17.1 Å². The highest BCUT2D eigenvalue weighted by Gasteiger charge is 2.34. The van der Waals surface area contributed by atoms with Crippen molar-refractivity contribution < 1.29 is 19.4 Å². The molecule has 1 atom stereocenters. The van der Waals surface area contributed by atoms with Gasteiger partial charge in [-0.1, -0.05) is 48.5 Å². The Morgan fingerprint density at radius 2 is 1.97 bits per heavy atom. The second-order valence-electron chi connectivity index (χ2n) is 7.19. The fourth-order valence-corrected chi connectivity index (χ4v) is 4.14. The van der Waals surface area contributed by atoms with Gasteiger partial charge in [0.2, 0.25) is 0 Å². The van der Waals surface area contributed by atoms with Crippen molar-refractivity contribution in [2.24, 2.45) is 5.10 Å². The van der Waals surface area contributed by atoms with Crippen LogP contribution < -0.4 is 10.1 Å². The van der Waals surface area contributed by atoms with E-state index in [1.165, 1.54) is 11.3 Å². The Kier molecular flexibility index (Phi) is 6.94. The Morgan fingerprint density at radius 1 is 1.12 bits per heavy atom. The van der Waals surface area contributed by atoms with Crippen LogP contribution in [0.25, 0.3) is 0 Å². The van der Waals surface area contributed by atoms with Gasteiger partial charge in [0, 0.05) is 13.0 Å². The third-order valence-electron chi connectivity index (χ3n) is 5.00. The molecular weight excluding hydrogens is 426 g/mol. The van der Waals surface area contributed by atoms with Crippen LogP contribution in [0.4, 0.5) is 0 Å². The zero-order valence-corrected chi connectivity index (χ0v) is 18.1. The number of aliphatic hydroxyl groups excluding tert-OH is 1. The fraction of sp³-hybridized carbons (Fsp3) is 0.208. The van der Waals surface area contributed by atoms with E-state index < -0.39 is 0 Å². The SMILES string of the molecule is O=C(COc1cccc([C@H]2CC(c3ccccc3)=NN2C(=O)c2cccs2)c1)NCCO. The first-order chi connectivity index (χ1) is 15.7. The number of carbonyl (C=O) groups excluding carboxylic acids is 2. The fourth-order valence-electron chi connectivity index (χ4n) is 3.48. The summed E-state index contributed by atoms with van der Waals surface area (Å²) < 4.78 is 5.61. The van der Waals surface area contributed by atoms with E-state index in [0.717, 1.165) is 16.8 Å². The van der Waals surface area contributed by atoms with E-state index in [1.807, 2.05) is 60.0 Å². The average Bonchev–Trinajstić information content (AvgIpc) is 3.52. The minimum Gasteiger partial charge on any atom is -0.484 e. The van der Waals surface area contributed by atoms with Crippen LogP contribution >= 0.6 is 11.3 Å². The Balaban J connectivity index is 1.57. The Morgan fingerprint density at radius 3 is 2.72 bits per heavy atom. The number of carbonyl (C=O) groups is 2. The number of hydrogen-bond donors (Lipinski definition) is 2. The van der Waals surface area contributed by atoms with E-state index in [2.05, 4.69) is 10.4 Å². The van der Waals surface area contributed by atoms with Gasteiger partial charge >= 0.3 is 0 Å². The van der Waals surface area contributed by atoms with Crippen LogP contribution in [0.2, 0.25) is 0 Å². The number of nitrogens with one attached hydrogen (secondary N) is 1. The van der Waals surface area contributed by atoms with Gasteiger partial charge in [-0.3, -0.25) is 9.59 Å². The van der Waals surface area contributed by atoms with Gasteiger partial charge in [0.1, 0.15) is 5.75 Å². The lowest BCUT2D eigenvalue weighted by molar-refractivity contribution is -0.123. The molecule has 2 N–H and O–H groups in total. The van der Waals surface area contributed by atoms with Gasteiger partial charge in [0.05, 0.1) is 23.2 Å². The second-order valence-corrected chi connectivity index (χ2v) is 8.14. The number of rotatable bonds is 8. The molecule has 1 aliphatic rings. The number of benzene rings is 2. The smallest absolute Gasteiger partial charge is 0.284 e. The number of amides is 2. The summed E-state index contributed by atoms with van der Waals surface area (Å²) in [6, 6.07) is 20.6. The second kappa shape index (κ2) is 10.2. The van der Waals surface area contributed by atoms with Crippen molar-refractivity contribution in [1.29, 1.82) is 0 Å². The summed E-state index contributed by atoms with van der Waals surface area (Å²) in [5.41, 5.74) is 2.69. The number of ether oxygens (including phenoxy) is 1. The van der Waals surface area contributed by atoms with Crippen LogP contribution in [0.5, 0.6) is 5.75 Å². The predicted octanol–water partition coefficient (Wildman–Crippen LogP) is 3.23. The molecule has 0 spiro atoms. The minimum absolute atomic E-state index is 0.124. The van der Waals surface area contributed by atoms with Crippen molar-refractivity contribution in [2.45, 2.75) is 12.5 Å². The summed E-state index contributed by atoms with van der Waals surface area (Å²) in [5.74, 6) is 0.0680. The molecular formula is C24H23N3O4S. The van der Waals surface area contributed by atoms with Gasteiger partial charge < -0.3 is 15.2 Å². The molecule has 4 rings (SSSR count). The molecule has 8 heteroatoms. The molecule has 7 nitrogen and oxygen atoms in total. The van der Waals surface area contributed by atoms with Gasteiger partial charge in [0.25, 0.3) is 11.8 Å². The Labute approximate surface area is 190 Å². The minimum atomic E-state index is -0.311. The lowest BCUT2D eigenvalue weighted by Crippen LogP contribution is -2.31. The zero-order chi connectivity index (χ0) is 22.3. The van der Waals surface area contributed by atoms with Gasteiger partial charge in [-0.05, 0) is 34.7 Å². The number of hydrogen-bond acceptors (Lipinski definition) is 6. The summed E-state index contributed by atoms with van der Waals surface area (Å²) >= 11 is 1.39. The first kappa shape index (κ1) is 21.7. The summed E-state index contributed by atoms with van der Waals surface area (Å²) in [6.45, 7) is -0.0951. The monoisotopic (exact) mass is 449 g/mol. The molecule has 1 aliphatic heterocycles. The molecule has 2 aromatic carbocycles. The highest BCUT2D eigenvalue weighted by atomic mass is 32.1. The number of aliphatic hydroxyl groups is 1. The topological polar surface area (TPSA) is 91.2 Å². The third kappa shape index (κ3) is 5.04. The van der Waals surface area contributed by atoms with Crippen LogP contribution in [0.3, 0.4) is 0 Å². The highest BCUT2D eigenvalue weighted by molar-refractivity contribution is 7.12. The molecule has 0 saturated heterocycles. The standard InChI is InChI=1S/C24H23N3O4S/c28-12-11-25-23(29)16-31-19-9-4-8-18(14-19)21-15-20(17-6-2-1-3-7-17)26-27(21)24(30)22-10-5-13-32-22/h1-10,13-14,21,28H,11-12,15-16H2,(H,25,29)/t21-/m1/s1. The van der Waals surface area contributed by atoms with Gasteiger partial charge in [-0.25, -0.2) is 5.01 Å². The quantitative estimate of drug-likeness (QED) is 0.552.